The molecule has 0 fully saturated rings. The number of hydrogen-bond donors (Lipinski definition) is 2. The Morgan fingerprint density at radius 2 is 1.66 bits per heavy atom. The molecule has 150 valence electrons. The van der Waals surface area contributed by atoms with Crippen molar-refractivity contribution in [2.75, 3.05) is 12.4 Å². The molecule has 0 saturated carbocycles. The van der Waals surface area contributed by atoms with Crippen LogP contribution in [0, 0.1) is 0 Å². The van der Waals surface area contributed by atoms with E-state index in [-0.39, 0.29) is 16.6 Å². The molecule has 0 aromatic heterocycles. The summed E-state index contributed by atoms with van der Waals surface area (Å²) in [6, 6.07) is 21.7. The minimum absolute atomic E-state index is 0.119. The van der Waals surface area contributed by atoms with Gasteiger partial charge in [0.2, 0.25) is 10.0 Å². The molecule has 3 aromatic carbocycles. The zero-order chi connectivity index (χ0) is 20.9. The lowest BCUT2D eigenvalue weighted by molar-refractivity contribution is 0.102. The van der Waals surface area contributed by atoms with Crippen molar-refractivity contribution >= 4 is 21.6 Å². The number of nitrogens with two attached hydrogens (primary N) is 1. The first-order valence-electron chi connectivity index (χ1n) is 9.02. The number of rotatable bonds is 7. The number of amides is 1. The van der Waals surface area contributed by atoms with Gasteiger partial charge in [0.25, 0.3) is 5.91 Å². The van der Waals surface area contributed by atoms with E-state index in [9.17, 15) is 13.2 Å². The lowest BCUT2D eigenvalue weighted by Gasteiger charge is -2.12. The fraction of sp³-hybridized carbons (Fsp3) is 0.136. The van der Waals surface area contributed by atoms with Crippen LogP contribution in [-0.4, -0.2) is 21.4 Å². The van der Waals surface area contributed by atoms with Crippen molar-refractivity contribution in [3.05, 3.63) is 89.5 Å². The van der Waals surface area contributed by atoms with Gasteiger partial charge in [0.15, 0.2) is 0 Å². The fourth-order valence-electron chi connectivity index (χ4n) is 3.06. The minimum atomic E-state index is -3.99. The Balaban J connectivity index is 1.81. The van der Waals surface area contributed by atoms with Crippen molar-refractivity contribution in [3.8, 4) is 5.75 Å². The number of carbonyl (C=O) groups excluding carboxylic acids is 1. The number of ether oxygens (including phenoxy) is 1. The van der Waals surface area contributed by atoms with Gasteiger partial charge in [-0.05, 0) is 48.2 Å². The van der Waals surface area contributed by atoms with Gasteiger partial charge in [0, 0.05) is 11.3 Å². The average molecular weight is 410 g/mol. The van der Waals surface area contributed by atoms with Crippen molar-refractivity contribution in [1.29, 1.82) is 0 Å². The standard InChI is InChI=1S/C22H22N2O4S/c1-28-20-14-13-18(15-21(20)29(23,26)27)24-22(25)19-10-6-5-9-17(19)12-11-16-7-3-2-4-8-16/h2-10,13-15H,11-12H2,1H3,(H,24,25)(H2,23,26,27). The maximum atomic E-state index is 12.8. The molecular weight excluding hydrogens is 388 g/mol. The summed E-state index contributed by atoms with van der Waals surface area (Å²) in [6.07, 6.45) is 1.52. The number of aryl methyl sites for hydroxylation is 2. The summed E-state index contributed by atoms with van der Waals surface area (Å²) >= 11 is 0. The molecule has 0 atom stereocenters. The predicted octanol–water partition coefficient (Wildman–Crippen LogP) is 3.38. The number of carbonyl (C=O) groups is 1. The third kappa shape index (κ3) is 5.22. The number of primary sulfonamides is 1. The summed E-state index contributed by atoms with van der Waals surface area (Å²) in [5.74, 6) is -0.201. The summed E-state index contributed by atoms with van der Waals surface area (Å²) < 4.78 is 28.6. The monoisotopic (exact) mass is 410 g/mol. The topological polar surface area (TPSA) is 98.5 Å². The van der Waals surface area contributed by atoms with Crippen LogP contribution in [0.5, 0.6) is 5.75 Å². The number of anilines is 1. The lowest BCUT2D eigenvalue weighted by Crippen LogP contribution is -2.17. The van der Waals surface area contributed by atoms with E-state index in [4.69, 9.17) is 9.88 Å². The predicted molar refractivity (Wildman–Crippen MR) is 113 cm³/mol. The highest BCUT2D eigenvalue weighted by molar-refractivity contribution is 7.89. The third-order valence-corrected chi connectivity index (χ3v) is 5.45. The molecule has 0 aliphatic heterocycles. The normalized spacial score (nSPS) is 11.1. The quantitative estimate of drug-likeness (QED) is 0.624. The van der Waals surface area contributed by atoms with Crippen molar-refractivity contribution in [1.82, 2.24) is 0 Å². The fourth-order valence-corrected chi connectivity index (χ4v) is 3.78. The van der Waals surface area contributed by atoms with Crippen LogP contribution in [0.4, 0.5) is 5.69 Å². The van der Waals surface area contributed by atoms with E-state index < -0.39 is 10.0 Å². The molecule has 3 aromatic rings. The average Bonchev–Trinajstić information content (AvgIpc) is 2.72. The van der Waals surface area contributed by atoms with Crippen LogP contribution in [0.15, 0.2) is 77.7 Å². The number of hydrogen-bond acceptors (Lipinski definition) is 4. The van der Waals surface area contributed by atoms with E-state index >= 15 is 0 Å². The van der Waals surface area contributed by atoms with Crippen LogP contribution in [0.25, 0.3) is 0 Å². The van der Waals surface area contributed by atoms with E-state index in [1.54, 1.807) is 18.2 Å². The second-order valence-electron chi connectivity index (χ2n) is 6.51. The van der Waals surface area contributed by atoms with E-state index in [1.807, 2.05) is 30.3 Å². The van der Waals surface area contributed by atoms with Crippen LogP contribution >= 0.6 is 0 Å². The van der Waals surface area contributed by atoms with Crippen molar-refractivity contribution in [2.45, 2.75) is 17.7 Å². The first-order chi connectivity index (χ1) is 13.9. The Bertz CT molecular complexity index is 1110. The highest BCUT2D eigenvalue weighted by Gasteiger charge is 2.17. The smallest absolute Gasteiger partial charge is 0.255 e. The van der Waals surface area contributed by atoms with Gasteiger partial charge in [-0.3, -0.25) is 4.79 Å². The zero-order valence-electron chi connectivity index (χ0n) is 16.0. The SMILES string of the molecule is COc1ccc(NC(=O)c2ccccc2CCc2ccccc2)cc1S(N)(=O)=O. The summed E-state index contributed by atoms with van der Waals surface area (Å²) in [4.78, 5) is 12.7. The van der Waals surface area contributed by atoms with Crippen LogP contribution < -0.4 is 15.2 Å². The summed E-state index contributed by atoms with van der Waals surface area (Å²) in [5, 5.41) is 7.99. The van der Waals surface area contributed by atoms with Crippen molar-refractivity contribution in [2.24, 2.45) is 5.14 Å². The third-order valence-electron chi connectivity index (χ3n) is 4.52. The molecule has 1 amide bonds. The molecule has 0 radical (unpaired) electrons. The molecule has 0 heterocycles. The van der Waals surface area contributed by atoms with Gasteiger partial charge in [-0.15, -0.1) is 0 Å². The number of methoxy groups -OCH3 is 1. The lowest BCUT2D eigenvalue weighted by atomic mass is 9.99. The zero-order valence-corrected chi connectivity index (χ0v) is 16.8. The largest absolute Gasteiger partial charge is 0.495 e. The molecule has 6 nitrogen and oxygen atoms in total. The molecule has 0 unspecified atom stereocenters. The number of sulfonamides is 1. The van der Waals surface area contributed by atoms with Crippen LogP contribution in [0.1, 0.15) is 21.5 Å². The Morgan fingerprint density at radius 3 is 2.34 bits per heavy atom. The highest BCUT2D eigenvalue weighted by atomic mass is 32.2. The highest BCUT2D eigenvalue weighted by Crippen LogP contribution is 2.26. The van der Waals surface area contributed by atoms with E-state index in [0.29, 0.717) is 17.7 Å². The van der Waals surface area contributed by atoms with Gasteiger partial charge >= 0.3 is 0 Å². The number of nitrogens with one attached hydrogen (secondary N) is 1. The Labute approximate surface area is 170 Å². The van der Waals surface area contributed by atoms with E-state index in [2.05, 4.69) is 17.4 Å². The van der Waals surface area contributed by atoms with Crippen LogP contribution in [0.2, 0.25) is 0 Å². The van der Waals surface area contributed by atoms with Gasteiger partial charge < -0.3 is 10.1 Å². The van der Waals surface area contributed by atoms with Gasteiger partial charge in [-0.2, -0.15) is 0 Å². The summed E-state index contributed by atoms with van der Waals surface area (Å²) in [7, 11) is -2.64. The second-order valence-corrected chi connectivity index (χ2v) is 8.04. The Kier molecular flexibility index (Phi) is 6.31. The molecule has 3 rings (SSSR count). The maximum Gasteiger partial charge on any atom is 0.255 e. The first-order valence-corrected chi connectivity index (χ1v) is 10.6. The molecule has 7 heteroatoms. The Hall–Kier alpha value is -3.16. The molecule has 0 spiro atoms. The van der Waals surface area contributed by atoms with Gasteiger partial charge in [0.1, 0.15) is 10.6 Å². The maximum absolute atomic E-state index is 12.8. The van der Waals surface area contributed by atoms with Gasteiger partial charge in [-0.1, -0.05) is 48.5 Å². The molecule has 29 heavy (non-hydrogen) atoms. The van der Waals surface area contributed by atoms with Gasteiger partial charge in [-0.25, -0.2) is 13.6 Å². The van der Waals surface area contributed by atoms with Gasteiger partial charge in [0.05, 0.1) is 7.11 Å². The van der Waals surface area contributed by atoms with E-state index in [1.165, 1.54) is 24.8 Å². The molecule has 0 bridgehead atoms. The molecular formula is C22H22N2O4S. The molecule has 0 aliphatic rings. The summed E-state index contributed by atoms with van der Waals surface area (Å²) in [5.41, 5.74) is 2.96. The van der Waals surface area contributed by atoms with Crippen molar-refractivity contribution < 1.29 is 17.9 Å². The van der Waals surface area contributed by atoms with Crippen molar-refractivity contribution in [3.63, 3.8) is 0 Å². The minimum Gasteiger partial charge on any atom is -0.495 e. The first kappa shape index (κ1) is 20.6. The summed E-state index contributed by atoms with van der Waals surface area (Å²) in [6.45, 7) is 0. The second kappa shape index (κ2) is 8.89. The molecule has 3 N–H and O–H groups in total. The van der Waals surface area contributed by atoms with E-state index in [0.717, 1.165) is 12.0 Å². The van der Waals surface area contributed by atoms with Crippen LogP contribution in [-0.2, 0) is 22.9 Å². The number of benzene rings is 3. The molecule has 0 saturated heterocycles. The van der Waals surface area contributed by atoms with Crippen LogP contribution in [0.3, 0.4) is 0 Å². The Morgan fingerprint density at radius 1 is 0.966 bits per heavy atom. The molecule has 0 aliphatic carbocycles.